The molecule has 0 saturated heterocycles. The van der Waals surface area contributed by atoms with Crippen molar-refractivity contribution in [1.82, 2.24) is 20.1 Å². The van der Waals surface area contributed by atoms with Gasteiger partial charge in [0.2, 0.25) is 0 Å². The van der Waals surface area contributed by atoms with Gasteiger partial charge in [-0.1, -0.05) is 35.9 Å². The lowest BCUT2D eigenvalue weighted by Gasteiger charge is -2.40. The molecule has 0 bridgehead atoms. The topological polar surface area (TPSA) is 84.0 Å². The Kier molecular flexibility index (Phi) is 10.6. The number of alkyl carbamates (subject to hydrolysis) is 1. The van der Waals surface area contributed by atoms with Crippen molar-refractivity contribution in [2.75, 3.05) is 19.6 Å². The largest absolute Gasteiger partial charge is 0.444 e. The molecule has 0 unspecified atom stereocenters. The molecule has 2 heterocycles. The second-order valence-electron chi connectivity index (χ2n) is 12.0. The monoisotopic (exact) mass is 558 g/mol. The highest BCUT2D eigenvalue weighted by Crippen LogP contribution is 2.27. The first-order valence-electron chi connectivity index (χ1n) is 13.7. The van der Waals surface area contributed by atoms with Crippen LogP contribution in [0.1, 0.15) is 71.2 Å². The number of aromatic nitrogens is 1. The Labute approximate surface area is 238 Å². The van der Waals surface area contributed by atoms with Crippen molar-refractivity contribution in [3.05, 3.63) is 64.4 Å². The third kappa shape index (κ3) is 10.3. The summed E-state index contributed by atoms with van der Waals surface area (Å²) in [5.74, 6) is 0. The highest BCUT2D eigenvalue weighted by molar-refractivity contribution is 6.31. The second kappa shape index (κ2) is 13.5. The molecule has 1 aliphatic heterocycles. The van der Waals surface area contributed by atoms with Crippen LogP contribution in [0.5, 0.6) is 0 Å². The Balaban J connectivity index is 1.71. The Morgan fingerprint density at radius 2 is 1.72 bits per heavy atom. The average molecular weight is 559 g/mol. The van der Waals surface area contributed by atoms with Gasteiger partial charge in [0, 0.05) is 32.4 Å². The third-order valence-electron chi connectivity index (χ3n) is 6.23. The highest BCUT2D eigenvalue weighted by atomic mass is 35.5. The molecule has 8 nitrogen and oxygen atoms in total. The SMILES string of the molecule is CC(C)(C)OC(=O)NCCCCN(Cc1ncccc1Cl)C[C@H]1Cc2ccccc2CN1C(=O)OC(C)(C)C. The van der Waals surface area contributed by atoms with Crippen molar-refractivity contribution in [3.8, 4) is 0 Å². The molecule has 0 radical (unpaired) electrons. The summed E-state index contributed by atoms with van der Waals surface area (Å²) in [7, 11) is 0. The van der Waals surface area contributed by atoms with Crippen molar-refractivity contribution in [3.63, 3.8) is 0 Å². The maximum atomic E-state index is 13.3. The van der Waals surface area contributed by atoms with Crippen LogP contribution < -0.4 is 5.32 Å². The molecule has 39 heavy (non-hydrogen) atoms. The minimum atomic E-state index is -0.582. The van der Waals surface area contributed by atoms with E-state index in [-0.39, 0.29) is 12.1 Å². The van der Waals surface area contributed by atoms with E-state index in [1.54, 1.807) is 6.20 Å². The van der Waals surface area contributed by atoms with E-state index in [1.807, 2.05) is 70.7 Å². The van der Waals surface area contributed by atoms with E-state index in [1.165, 1.54) is 5.56 Å². The van der Waals surface area contributed by atoms with Crippen molar-refractivity contribution in [2.24, 2.45) is 0 Å². The minimum Gasteiger partial charge on any atom is -0.444 e. The Bertz CT molecular complexity index is 1110. The number of amides is 2. The lowest BCUT2D eigenvalue weighted by Crippen LogP contribution is -2.51. The maximum Gasteiger partial charge on any atom is 0.410 e. The molecule has 0 aliphatic carbocycles. The van der Waals surface area contributed by atoms with Gasteiger partial charge in [-0.05, 0) is 90.6 Å². The van der Waals surface area contributed by atoms with E-state index >= 15 is 0 Å². The first-order valence-corrected chi connectivity index (χ1v) is 14.0. The van der Waals surface area contributed by atoms with E-state index < -0.39 is 17.3 Å². The summed E-state index contributed by atoms with van der Waals surface area (Å²) < 4.78 is 11.1. The van der Waals surface area contributed by atoms with E-state index in [2.05, 4.69) is 27.3 Å². The number of hydrogen-bond donors (Lipinski definition) is 1. The summed E-state index contributed by atoms with van der Waals surface area (Å²) >= 11 is 6.47. The predicted molar refractivity (Wildman–Crippen MR) is 154 cm³/mol. The number of ether oxygens (including phenoxy) is 2. The van der Waals surface area contributed by atoms with Crippen LogP contribution in [0.2, 0.25) is 5.02 Å². The van der Waals surface area contributed by atoms with Crippen LogP contribution in [0.25, 0.3) is 0 Å². The zero-order valence-corrected chi connectivity index (χ0v) is 24.9. The molecule has 3 rings (SSSR count). The molecule has 214 valence electrons. The number of carbonyl (C=O) groups excluding carboxylic acids is 2. The molecule has 0 saturated carbocycles. The third-order valence-corrected chi connectivity index (χ3v) is 6.57. The van der Waals surface area contributed by atoms with E-state index in [0.29, 0.717) is 31.2 Å². The van der Waals surface area contributed by atoms with E-state index in [4.69, 9.17) is 21.1 Å². The normalized spacial score (nSPS) is 15.6. The zero-order valence-electron chi connectivity index (χ0n) is 24.1. The van der Waals surface area contributed by atoms with Crippen LogP contribution in [-0.4, -0.2) is 63.8 Å². The Morgan fingerprint density at radius 1 is 1.03 bits per heavy atom. The summed E-state index contributed by atoms with van der Waals surface area (Å²) in [4.78, 5) is 33.9. The summed E-state index contributed by atoms with van der Waals surface area (Å²) in [6.45, 7) is 14.2. The van der Waals surface area contributed by atoms with Crippen LogP contribution in [0, 0.1) is 0 Å². The van der Waals surface area contributed by atoms with Crippen LogP contribution >= 0.6 is 11.6 Å². The minimum absolute atomic E-state index is 0.0721. The Morgan fingerprint density at radius 3 is 2.38 bits per heavy atom. The van der Waals surface area contributed by atoms with Gasteiger partial charge in [-0.2, -0.15) is 0 Å². The summed E-state index contributed by atoms with van der Waals surface area (Å²) in [5.41, 5.74) is 2.08. The van der Waals surface area contributed by atoms with Gasteiger partial charge in [-0.3, -0.25) is 14.8 Å². The number of nitrogens with one attached hydrogen (secondary N) is 1. The predicted octanol–water partition coefficient (Wildman–Crippen LogP) is 6.20. The number of pyridine rings is 1. The van der Waals surface area contributed by atoms with Gasteiger partial charge in [-0.25, -0.2) is 9.59 Å². The Hall–Kier alpha value is -2.84. The van der Waals surface area contributed by atoms with Crippen molar-refractivity contribution in [2.45, 2.75) is 91.1 Å². The molecule has 2 amide bonds. The smallest absolute Gasteiger partial charge is 0.410 e. The zero-order chi connectivity index (χ0) is 28.6. The lowest BCUT2D eigenvalue weighted by atomic mass is 9.94. The van der Waals surface area contributed by atoms with Crippen LogP contribution in [-0.2, 0) is 29.0 Å². The maximum absolute atomic E-state index is 13.3. The molecule has 1 aromatic carbocycles. The molecule has 0 spiro atoms. The lowest BCUT2D eigenvalue weighted by molar-refractivity contribution is 0.00708. The molecule has 1 atom stereocenters. The van der Waals surface area contributed by atoms with Gasteiger partial charge in [0.05, 0.1) is 16.8 Å². The second-order valence-corrected chi connectivity index (χ2v) is 12.4. The van der Waals surface area contributed by atoms with Crippen LogP contribution in [0.3, 0.4) is 0 Å². The van der Waals surface area contributed by atoms with Gasteiger partial charge in [0.1, 0.15) is 11.2 Å². The number of unbranched alkanes of at least 4 members (excludes halogenated alkanes) is 1. The average Bonchev–Trinajstić information content (AvgIpc) is 2.82. The van der Waals surface area contributed by atoms with E-state index in [9.17, 15) is 9.59 Å². The number of carbonyl (C=O) groups is 2. The van der Waals surface area contributed by atoms with Crippen molar-refractivity contribution >= 4 is 23.8 Å². The van der Waals surface area contributed by atoms with E-state index in [0.717, 1.165) is 37.1 Å². The fourth-order valence-electron chi connectivity index (χ4n) is 4.53. The summed E-state index contributed by atoms with van der Waals surface area (Å²) in [6.07, 6.45) is 3.40. The number of hydrogen-bond acceptors (Lipinski definition) is 6. The van der Waals surface area contributed by atoms with Crippen molar-refractivity contribution in [1.29, 1.82) is 0 Å². The molecular weight excluding hydrogens is 516 g/mol. The van der Waals surface area contributed by atoms with Gasteiger partial charge in [-0.15, -0.1) is 0 Å². The quantitative estimate of drug-likeness (QED) is 0.369. The molecule has 1 N–H and O–H groups in total. The number of benzene rings is 1. The summed E-state index contributed by atoms with van der Waals surface area (Å²) in [5, 5.41) is 3.44. The molecular formula is C30H43ClN4O4. The molecule has 1 aliphatic rings. The number of rotatable bonds is 9. The summed E-state index contributed by atoms with van der Waals surface area (Å²) in [6, 6.07) is 11.9. The molecule has 0 fully saturated rings. The first kappa shape index (κ1) is 30.7. The number of halogens is 1. The number of fused-ring (bicyclic) bond motifs is 1. The highest BCUT2D eigenvalue weighted by Gasteiger charge is 2.34. The van der Waals surface area contributed by atoms with Gasteiger partial charge in [0.15, 0.2) is 0 Å². The standard InChI is InChI=1S/C30H43ClN4O4/c1-29(2,3)38-27(36)33-15-9-10-17-34(21-26-25(31)14-11-16-32-26)20-24-18-22-12-7-8-13-23(22)19-35(24)28(37)39-30(4,5)6/h7-8,11-14,16,24H,9-10,15,17-21H2,1-6H3,(H,33,36)/t24-/m1/s1. The van der Waals surface area contributed by atoms with Crippen LogP contribution in [0.4, 0.5) is 9.59 Å². The van der Waals surface area contributed by atoms with Gasteiger partial charge < -0.3 is 14.8 Å². The van der Waals surface area contributed by atoms with Gasteiger partial charge >= 0.3 is 12.2 Å². The van der Waals surface area contributed by atoms with Gasteiger partial charge in [0.25, 0.3) is 0 Å². The van der Waals surface area contributed by atoms with Crippen molar-refractivity contribution < 1.29 is 19.1 Å². The van der Waals surface area contributed by atoms with Crippen LogP contribution in [0.15, 0.2) is 42.6 Å². The fourth-order valence-corrected chi connectivity index (χ4v) is 4.71. The molecule has 9 heteroatoms. The number of nitrogens with zero attached hydrogens (tertiary/aromatic N) is 3. The first-order chi connectivity index (χ1) is 18.3. The molecule has 2 aromatic rings. The molecule has 1 aromatic heterocycles. The fraction of sp³-hybridized carbons (Fsp3) is 0.567.